The first kappa shape index (κ1) is 14.7. The van der Waals surface area contributed by atoms with Crippen LogP contribution < -0.4 is 4.74 Å². The number of aromatic carboxylic acids is 1. The van der Waals surface area contributed by atoms with Crippen LogP contribution in [0.5, 0.6) is 11.5 Å². The first-order chi connectivity index (χ1) is 9.90. The number of nitro benzene ring substituents is 1. The molecule has 0 aromatic heterocycles. The highest BCUT2D eigenvalue weighted by molar-refractivity contribution is 6.32. The molecule has 6 nitrogen and oxygen atoms in total. The Kier molecular flexibility index (Phi) is 4.04. The summed E-state index contributed by atoms with van der Waals surface area (Å²) in [5.41, 5.74) is -0.797. The fraction of sp³-hybridized carbons (Fsp3) is 0. The van der Waals surface area contributed by atoms with E-state index in [0.29, 0.717) is 0 Å². The molecule has 2 aromatic rings. The van der Waals surface area contributed by atoms with E-state index in [-0.39, 0.29) is 16.3 Å². The van der Waals surface area contributed by atoms with Gasteiger partial charge in [-0.3, -0.25) is 10.1 Å². The predicted molar refractivity (Wildman–Crippen MR) is 71.5 cm³/mol. The van der Waals surface area contributed by atoms with Gasteiger partial charge >= 0.3 is 11.7 Å². The molecule has 8 heteroatoms. The molecule has 2 rings (SSSR count). The van der Waals surface area contributed by atoms with Crippen LogP contribution in [0.3, 0.4) is 0 Å². The third-order valence-corrected chi connectivity index (χ3v) is 2.83. The number of ether oxygens (including phenoxy) is 1. The Labute approximate surface area is 122 Å². The second kappa shape index (κ2) is 5.76. The minimum absolute atomic E-state index is 0.0616. The predicted octanol–water partition coefficient (Wildman–Crippen LogP) is 3.88. The summed E-state index contributed by atoms with van der Waals surface area (Å²) in [4.78, 5) is 21.2. The van der Waals surface area contributed by atoms with Gasteiger partial charge < -0.3 is 9.84 Å². The van der Waals surface area contributed by atoms with Crippen molar-refractivity contribution >= 4 is 23.3 Å². The maximum atomic E-state index is 13.2. The van der Waals surface area contributed by atoms with Crippen molar-refractivity contribution in [2.45, 2.75) is 0 Å². The van der Waals surface area contributed by atoms with Gasteiger partial charge in [0.2, 0.25) is 5.75 Å². The Morgan fingerprint density at radius 2 is 2.05 bits per heavy atom. The van der Waals surface area contributed by atoms with Crippen LogP contribution in [0.1, 0.15) is 10.4 Å². The zero-order valence-corrected chi connectivity index (χ0v) is 11.0. The van der Waals surface area contributed by atoms with Gasteiger partial charge in [-0.25, -0.2) is 9.18 Å². The van der Waals surface area contributed by atoms with Crippen LogP contribution in [-0.4, -0.2) is 16.0 Å². The molecule has 2 aromatic carbocycles. The van der Waals surface area contributed by atoms with Crippen molar-refractivity contribution in [2.24, 2.45) is 0 Å². The smallest absolute Gasteiger partial charge is 0.339 e. The molecule has 21 heavy (non-hydrogen) atoms. The maximum absolute atomic E-state index is 13.2. The van der Waals surface area contributed by atoms with Gasteiger partial charge in [-0.05, 0) is 18.2 Å². The van der Waals surface area contributed by atoms with Gasteiger partial charge in [-0.1, -0.05) is 17.7 Å². The van der Waals surface area contributed by atoms with Gasteiger partial charge in [-0.15, -0.1) is 0 Å². The molecule has 0 saturated carbocycles. The van der Waals surface area contributed by atoms with Crippen LogP contribution in [0.25, 0.3) is 0 Å². The van der Waals surface area contributed by atoms with E-state index in [1.54, 1.807) is 0 Å². The van der Waals surface area contributed by atoms with Gasteiger partial charge in [-0.2, -0.15) is 0 Å². The van der Waals surface area contributed by atoms with Crippen LogP contribution in [-0.2, 0) is 0 Å². The highest BCUT2D eigenvalue weighted by Crippen LogP contribution is 2.37. The standard InChI is InChI=1S/C13H7ClFNO5/c14-9-3-1-2-8(13(17)18)12(9)21-11-6-7(15)4-5-10(11)16(19)20/h1-6H,(H,17,18). The largest absolute Gasteiger partial charge is 0.478 e. The molecule has 0 aliphatic rings. The average Bonchev–Trinajstić information content (AvgIpc) is 2.40. The van der Waals surface area contributed by atoms with Crippen molar-refractivity contribution in [3.63, 3.8) is 0 Å². The molecule has 0 unspecified atom stereocenters. The molecule has 0 spiro atoms. The Morgan fingerprint density at radius 3 is 2.67 bits per heavy atom. The number of carbonyl (C=O) groups is 1. The fourth-order valence-electron chi connectivity index (χ4n) is 1.61. The molecule has 0 heterocycles. The van der Waals surface area contributed by atoms with Crippen molar-refractivity contribution in [3.05, 3.63) is 62.9 Å². The lowest BCUT2D eigenvalue weighted by Crippen LogP contribution is -2.02. The fourth-order valence-corrected chi connectivity index (χ4v) is 1.82. The quantitative estimate of drug-likeness (QED) is 0.683. The highest BCUT2D eigenvalue weighted by Gasteiger charge is 2.21. The van der Waals surface area contributed by atoms with E-state index in [1.165, 1.54) is 18.2 Å². The first-order valence-electron chi connectivity index (χ1n) is 5.53. The average molecular weight is 312 g/mol. The van der Waals surface area contributed by atoms with E-state index < -0.39 is 28.1 Å². The number of nitrogens with zero attached hydrogens (tertiary/aromatic N) is 1. The van der Waals surface area contributed by atoms with Gasteiger partial charge in [0.25, 0.3) is 0 Å². The lowest BCUT2D eigenvalue weighted by molar-refractivity contribution is -0.385. The van der Waals surface area contributed by atoms with Gasteiger partial charge in [0.15, 0.2) is 5.75 Å². The van der Waals surface area contributed by atoms with Crippen LogP contribution >= 0.6 is 11.6 Å². The third-order valence-electron chi connectivity index (χ3n) is 2.53. The number of nitro groups is 1. The Balaban J connectivity index is 2.55. The van der Waals surface area contributed by atoms with Crippen LogP contribution in [0.4, 0.5) is 10.1 Å². The number of hydrogen-bond acceptors (Lipinski definition) is 4. The summed E-state index contributed by atoms with van der Waals surface area (Å²) in [6.45, 7) is 0. The molecule has 0 radical (unpaired) electrons. The first-order valence-corrected chi connectivity index (χ1v) is 5.91. The number of para-hydroxylation sites is 1. The molecule has 108 valence electrons. The monoisotopic (exact) mass is 311 g/mol. The summed E-state index contributed by atoms with van der Waals surface area (Å²) < 4.78 is 18.4. The molecule has 0 aliphatic heterocycles. The Morgan fingerprint density at radius 1 is 1.33 bits per heavy atom. The molecule has 0 amide bonds. The zero-order chi connectivity index (χ0) is 15.6. The number of carboxylic acids is 1. The summed E-state index contributed by atoms with van der Waals surface area (Å²) in [5, 5.41) is 19.9. The molecule has 0 aliphatic carbocycles. The van der Waals surface area contributed by atoms with Crippen molar-refractivity contribution in [1.29, 1.82) is 0 Å². The van der Waals surface area contributed by atoms with E-state index in [4.69, 9.17) is 21.4 Å². The third kappa shape index (κ3) is 3.09. The van der Waals surface area contributed by atoms with Gasteiger partial charge in [0.1, 0.15) is 11.4 Å². The normalized spacial score (nSPS) is 10.2. The number of carboxylic acid groups (broad SMARTS) is 1. The lowest BCUT2D eigenvalue weighted by Gasteiger charge is -2.10. The van der Waals surface area contributed by atoms with E-state index in [1.807, 2.05) is 0 Å². The summed E-state index contributed by atoms with van der Waals surface area (Å²) in [6.07, 6.45) is 0. The molecule has 0 fully saturated rings. The van der Waals surface area contributed by atoms with Gasteiger partial charge in [0.05, 0.1) is 9.95 Å². The summed E-state index contributed by atoms with van der Waals surface area (Å²) in [6, 6.07) is 6.56. The Bertz CT molecular complexity index is 734. The summed E-state index contributed by atoms with van der Waals surface area (Å²) in [5.74, 6) is -2.82. The van der Waals surface area contributed by atoms with Crippen molar-refractivity contribution in [3.8, 4) is 11.5 Å². The van der Waals surface area contributed by atoms with Crippen molar-refractivity contribution < 1.29 is 24.0 Å². The minimum atomic E-state index is -1.33. The Hall–Kier alpha value is -2.67. The summed E-state index contributed by atoms with van der Waals surface area (Å²) in [7, 11) is 0. The number of hydrogen-bond donors (Lipinski definition) is 1. The summed E-state index contributed by atoms with van der Waals surface area (Å²) >= 11 is 5.84. The van der Waals surface area contributed by atoms with E-state index in [9.17, 15) is 19.3 Å². The highest BCUT2D eigenvalue weighted by atomic mass is 35.5. The van der Waals surface area contributed by atoms with E-state index >= 15 is 0 Å². The van der Waals surface area contributed by atoms with Crippen molar-refractivity contribution in [1.82, 2.24) is 0 Å². The molecule has 0 saturated heterocycles. The van der Waals surface area contributed by atoms with Crippen LogP contribution in [0, 0.1) is 15.9 Å². The van der Waals surface area contributed by atoms with Crippen LogP contribution in [0.15, 0.2) is 36.4 Å². The minimum Gasteiger partial charge on any atom is -0.478 e. The number of benzene rings is 2. The van der Waals surface area contributed by atoms with E-state index in [0.717, 1.165) is 18.2 Å². The zero-order valence-electron chi connectivity index (χ0n) is 10.2. The molecular weight excluding hydrogens is 305 g/mol. The molecular formula is C13H7ClFNO5. The van der Waals surface area contributed by atoms with Gasteiger partial charge in [0, 0.05) is 12.1 Å². The lowest BCUT2D eigenvalue weighted by atomic mass is 10.2. The SMILES string of the molecule is O=C(O)c1cccc(Cl)c1Oc1cc(F)ccc1[N+](=O)[O-]. The molecule has 1 N–H and O–H groups in total. The van der Waals surface area contributed by atoms with Crippen molar-refractivity contribution in [2.75, 3.05) is 0 Å². The number of rotatable bonds is 4. The maximum Gasteiger partial charge on any atom is 0.339 e. The second-order valence-electron chi connectivity index (χ2n) is 3.89. The van der Waals surface area contributed by atoms with Crippen LogP contribution in [0.2, 0.25) is 5.02 Å². The molecule has 0 atom stereocenters. The number of halogens is 2. The molecule has 0 bridgehead atoms. The van der Waals surface area contributed by atoms with E-state index in [2.05, 4.69) is 0 Å². The topological polar surface area (TPSA) is 89.7 Å². The second-order valence-corrected chi connectivity index (χ2v) is 4.30.